The van der Waals surface area contributed by atoms with Gasteiger partial charge in [0.2, 0.25) is 0 Å². The van der Waals surface area contributed by atoms with Gasteiger partial charge in [0.1, 0.15) is 5.82 Å². The lowest BCUT2D eigenvalue weighted by Crippen LogP contribution is -2.24. The first-order valence-corrected chi connectivity index (χ1v) is 8.70. The van der Waals surface area contributed by atoms with Crippen molar-refractivity contribution >= 4 is 11.8 Å². The van der Waals surface area contributed by atoms with Crippen LogP contribution in [-0.4, -0.2) is 27.6 Å². The minimum Gasteiger partial charge on any atom is -0.334 e. The number of nitrogens with zero attached hydrogens (tertiary/aromatic N) is 2. The number of rotatable bonds is 7. The number of hydrogen-bond donors (Lipinski definition) is 1. The van der Waals surface area contributed by atoms with Gasteiger partial charge in [0, 0.05) is 29.9 Å². The second-order valence-electron chi connectivity index (χ2n) is 5.41. The summed E-state index contributed by atoms with van der Waals surface area (Å²) in [6.45, 7) is 3.29. The molecule has 1 unspecified atom stereocenters. The summed E-state index contributed by atoms with van der Waals surface area (Å²) in [5.41, 5.74) is 0. The van der Waals surface area contributed by atoms with Gasteiger partial charge in [-0.1, -0.05) is 26.2 Å². The van der Waals surface area contributed by atoms with Crippen LogP contribution in [0.5, 0.6) is 0 Å². The van der Waals surface area contributed by atoms with Gasteiger partial charge < -0.3 is 9.88 Å². The van der Waals surface area contributed by atoms with Gasteiger partial charge in [-0.25, -0.2) is 4.98 Å². The highest BCUT2D eigenvalue weighted by Crippen LogP contribution is 2.30. The van der Waals surface area contributed by atoms with E-state index >= 15 is 0 Å². The lowest BCUT2D eigenvalue weighted by molar-refractivity contribution is 0.512. The first-order chi connectivity index (χ1) is 9.35. The van der Waals surface area contributed by atoms with Crippen LogP contribution in [0.15, 0.2) is 12.4 Å². The summed E-state index contributed by atoms with van der Waals surface area (Å²) in [5.74, 6) is 2.34. The fourth-order valence-electron chi connectivity index (χ4n) is 2.81. The molecule has 1 aliphatic carbocycles. The predicted octanol–water partition coefficient (Wildman–Crippen LogP) is 3.62. The molecule has 4 heteroatoms. The molecule has 3 nitrogen and oxygen atoms in total. The van der Waals surface area contributed by atoms with E-state index in [0.29, 0.717) is 6.04 Å². The fraction of sp³-hybridized carbons (Fsp3) is 0.800. The van der Waals surface area contributed by atoms with Gasteiger partial charge in [0.15, 0.2) is 0 Å². The van der Waals surface area contributed by atoms with Gasteiger partial charge in [-0.15, -0.1) is 0 Å². The molecule has 1 aromatic rings. The second-order valence-corrected chi connectivity index (χ2v) is 6.75. The Balaban J connectivity index is 1.89. The molecule has 108 valence electrons. The average molecular weight is 281 g/mol. The van der Waals surface area contributed by atoms with E-state index in [0.717, 1.165) is 24.0 Å². The molecule has 0 aromatic carbocycles. The van der Waals surface area contributed by atoms with Crippen molar-refractivity contribution in [2.24, 2.45) is 0 Å². The molecule has 0 saturated heterocycles. The monoisotopic (exact) mass is 281 g/mol. The zero-order valence-electron chi connectivity index (χ0n) is 12.3. The van der Waals surface area contributed by atoms with Crippen molar-refractivity contribution in [2.45, 2.75) is 63.3 Å². The van der Waals surface area contributed by atoms with Crippen molar-refractivity contribution < 1.29 is 0 Å². The van der Waals surface area contributed by atoms with E-state index in [1.165, 1.54) is 37.9 Å². The number of nitrogens with one attached hydrogen (secondary N) is 1. The van der Waals surface area contributed by atoms with E-state index in [2.05, 4.69) is 46.8 Å². The van der Waals surface area contributed by atoms with E-state index in [1.807, 2.05) is 6.20 Å². The Kier molecular flexibility index (Phi) is 6.24. The Morgan fingerprint density at radius 3 is 2.89 bits per heavy atom. The largest absolute Gasteiger partial charge is 0.334 e. The molecule has 1 atom stereocenters. The van der Waals surface area contributed by atoms with Crippen LogP contribution >= 0.6 is 11.8 Å². The van der Waals surface area contributed by atoms with Crippen LogP contribution in [0.4, 0.5) is 0 Å². The molecule has 0 radical (unpaired) electrons. The third-order valence-electron chi connectivity index (χ3n) is 3.92. The highest BCUT2D eigenvalue weighted by Gasteiger charge is 2.19. The van der Waals surface area contributed by atoms with Crippen LogP contribution in [0.3, 0.4) is 0 Å². The molecule has 1 aliphatic rings. The van der Waals surface area contributed by atoms with Crippen molar-refractivity contribution in [1.29, 1.82) is 0 Å². The van der Waals surface area contributed by atoms with Gasteiger partial charge in [-0.05, 0) is 26.3 Å². The Labute approximate surface area is 121 Å². The van der Waals surface area contributed by atoms with Crippen molar-refractivity contribution in [3.05, 3.63) is 18.2 Å². The second kappa shape index (κ2) is 7.95. The highest BCUT2D eigenvalue weighted by molar-refractivity contribution is 7.99. The van der Waals surface area contributed by atoms with Crippen LogP contribution in [-0.2, 0) is 6.54 Å². The lowest BCUT2D eigenvalue weighted by Gasteiger charge is -2.24. The maximum Gasteiger partial charge on any atom is 0.126 e. The predicted molar refractivity (Wildman–Crippen MR) is 83.6 cm³/mol. The van der Waals surface area contributed by atoms with E-state index in [4.69, 9.17) is 0 Å². The Bertz CT molecular complexity index is 358. The van der Waals surface area contributed by atoms with Gasteiger partial charge >= 0.3 is 0 Å². The Morgan fingerprint density at radius 1 is 1.42 bits per heavy atom. The molecule has 1 fully saturated rings. The van der Waals surface area contributed by atoms with Crippen LogP contribution in [0.2, 0.25) is 0 Å². The van der Waals surface area contributed by atoms with Crippen LogP contribution in [0.25, 0.3) is 0 Å². The van der Waals surface area contributed by atoms with Gasteiger partial charge in [-0.2, -0.15) is 11.8 Å². The molecule has 1 aromatic heterocycles. The molecule has 2 rings (SSSR count). The highest BCUT2D eigenvalue weighted by atomic mass is 32.2. The van der Waals surface area contributed by atoms with Gasteiger partial charge in [0.25, 0.3) is 0 Å². The van der Waals surface area contributed by atoms with Gasteiger partial charge in [0.05, 0.1) is 6.04 Å². The fourth-order valence-corrected chi connectivity index (χ4v) is 4.26. The summed E-state index contributed by atoms with van der Waals surface area (Å²) in [5, 5.41) is 4.31. The molecule has 0 aliphatic heterocycles. The number of hydrogen-bond acceptors (Lipinski definition) is 3. The Morgan fingerprint density at radius 2 is 2.21 bits per heavy atom. The molecule has 1 saturated carbocycles. The topological polar surface area (TPSA) is 29.9 Å². The lowest BCUT2D eigenvalue weighted by atomic mass is 10.0. The van der Waals surface area contributed by atoms with Crippen molar-refractivity contribution in [1.82, 2.24) is 14.9 Å². The molecule has 1 N–H and O–H groups in total. The Hall–Kier alpha value is -0.480. The van der Waals surface area contributed by atoms with Crippen LogP contribution < -0.4 is 5.32 Å². The minimum atomic E-state index is 0.383. The quantitative estimate of drug-likeness (QED) is 0.828. The number of aromatic nitrogens is 2. The first kappa shape index (κ1) is 14.9. The van der Waals surface area contributed by atoms with E-state index < -0.39 is 0 Å². The zero-order chi connectivity index (χ0) is 13.5. The smallest absolute Gasteiger partial charge is 0.126 e. The molecular weight excluding hydrogens is 254 g/mol. The molecule has 0 amide bonds. The number of thioether (sulfide) groups is 1. The maximum atomic E-state index is 4.56. The van der Waals surface area contributed by atoms with Crippen LogP contribution in [0.1, 0.15) is 57.3 Å². The van der Waals surface area contributed by atoms with Crippen molar-refractivity contribution in [3.63, 3.8) is 0 Å². The maximum absolute atomic E-state index is 4.56. The van der Waals surface area contributed by atoms with Gasteiger partial charge in [-0.3, -0.25) is 0 Å². The summed E-state index contributed by atoms with van der Waals surface area (Å²) < 4.78 is 2.29. The molecular formula is C15H27N3S. The molecule has 0 bridgehead atoms. The van der Waals surface area contributed by atoms with Crippen molar-refractivity contribution in [2.75, 3.05) is 12.8 Å². The zero-order valence-corrected chi connectivity index (χ0v) is 13.1. The van der Waals surface area contributed by atoms with Crippen molar-refractivity contribution in [3.8, 4) is 0 Å². The molecule has 0 spiro atoms. The third-order valence-corrected chi connectivity index (χ3v) is 5.39. The van der Waals surface area contributed by atoms with E-state index in [-0.39, 0.29) is 0 Å². The number of imidazole rings is 1. The summed E-state index contributed by atoms with van der Waals surface area (Å²) >= 11 is 2.14. The average Bonchev–Trinajstić information content (AvgIpc) is 2.90. The van der Waals surface area contributed by atoms with E-state index in [9.17, 15) is 0 Å². The van der Waals surface area contributed by atoms with Crippen LogP contribution in [0, 0.1) is 0 Å². The number of aryl methyl sites for hydroxylation is 1. The molecule has 19 heavy (non-hydrogen) atoms. The normalized spacial score (nSPS) is 18.6. The summed E-state index contributed by atoms with van der Waals surface area (Å²) in [7, 11) is 2.05. The minimum absolute atomic E-state index is 0.383. The summed E-state index contributed by atoms with van der Waals surface area (Å²) in [6.07, 6.45) is 12.3. The first-order valence-electron chi connectivity index (χ1n) is 7.65. The standard InChI is InChI=1S/C15H27N3S/c1-3-10-18-11-9-17-15(18)14(16-2)12-19-13-7-5-4-6-8-13/h9,11,13-14,16H,3-8,10,12H2,1-2H3. The summed E-state index contributed by atoms with van der Waals surface area (Å²) in [6, 6.07) is 0.383. The van der Waals surface area contributed by atoms with E-state index in [1.54, 1.807) is 0 Å². The summed E-state index contributed by atoms with van der Waals surface area (Å²) in [4.78, 5) is 4.56. The SMILES string of the molecule is CCCn1ccnc1C(CSC1CCCCC1)NC. The third kappa shape index (κ3) is 4.25. The molecule has 1 heterocycles.